The van der Waals surface area contributed by atoms with Gasteiger partial charge in [0.15, 0.2) is 0 Å². The highest BCUT2D eigenvalue weighted by Crippen LogP contribution is 2.15. The van der Waals surface area contributed by atoms with E-state index in [2.05, 4.69) is 36.1 Å². The molecule has 1 aliphatic heterocycles. The van der Waals surface area contributed by atoms with E-state index in [1.54, 1.807) is 0 Å². The lowest BCUT2D eigenvalue weighted by Crippen LogP contribution is -2.48. The van der Waals surface area contributed by atoms with Crippen molar-refractivity contribution in [3.63, 3.8) is 0 Å². The van der Waals surface area contributed by atoms with E-state index in [0.717, 1.165) is 19.5 Å². The van der Waals surface area contributed by atoms with Crippen molar-refractivity contribution in [1.29, 1.82) is 0 Å². The summed E-state index contributed by atoms with van der Waals surface area (Å²) in [6.45, 7) is 8.16. The normalized spacial score (nSPS) is 21.4. The van der Waals surface area contributed by atoms with E-state index in [0.29, 0.717) is 19.2 Å². The van der Waals surface area contributed by atoms with Gasteiger partial charge in [-0.05, 0) is 53.4 Å². The summed E-state index contributed by atoms with van der Waals surface area (Å²) in [4.78, 5) is 16.6. The van der Waals surface area contributed by atoms with Crippen LogP contribution in [0.2, 0.25) is 0 Å². The molecule has 118 valence electrons. The molecule has 0 saturated carbocycles. The summed E-state index contributed by atoms with van der Waals surface area (Å²) in [5.74, 6) is -0.132. The van der Waals surface area contributed by atoms with Crippen LogP contribution in [-0.4, -0.2) is 74.7 Å². The molecule has 1 heterocycles. The fourth-order valence-electron chi connectivity index (χ4n) is 2.74. The Labute approximate surface area is 123 Å². The number of carbonyl (C=O) groups excluding carboxylic acids is 1. The van der Waals surface area contributed by atoms with Crippen molar-refractivity contribution in [2.24, 2.45) is 0 Å². The molecule has 0 amide bonds. The summed E-state index contributed by atoms with van der Waals surface area (Å²) in [7, 11) is 4.27. The van der Waals surface area contributed by atoms with Gasteiger partial charge in [-0.25, -0.2) is 0 Å². The summed E-state index contributed by atoms with van der Waals surface area (Å²) < 4.78 is 5.15. The zero-order chi connectivity index (χ0) is 15.0. The van der Waals surface area contributed by atoms with E-state index in [9.17, 15) is 4.79 Å². The zero-order valence-corrected chi connectivity index (χ0v) is 13.5. The molecule has 5 heteroatoms. The molecule has 1 saturated heterocycles. The first-order valence-corrected chi connectivity index (χ1v) is 7.87. The summed E-state index contributed by atoms with van der Waals surface area (Å²) in [5, 5.41) is 3.29. The van der Waals surface area contributed by atoms with Gasteiger partial charge in [-0.1, -0.05) is 6.92 Å². The number of nitrogens with zero attached hydrogens (tertiary/aromatic N) is 2. The monoisotopic (exact) mass is 285 g/mol. The van der Waals surface area contributed by atoms with Gasteiger partial charge in [0.25, 0.3) is 0 Å². The minimum atomic E-state index is -0.216. The Morgan fingerprint density at radius 2 is 2.25 bits per heavy atom. The van der Waals surface area contributed by atoms with Crippen LogP contribution in [0.4, 0.5) is 0 Å². The molecular formula is C15H31N3O2. The first-order valence-electron chi connectivity index (χ1n) is 7.87. The topological polar surface area (TPSA) is 44.8 Å². The fourth-order valence-corrected chi connectivity index (χ4v) is 2.74. The highest BCUT2D eigenvalue weighted by Gasteiger charge is 2.25. The highest BCUT2D eigenvalue weighted by atomic mass is 16.5. The van der Waals surface area contributed by atoms with Crippen LogP contribution in [0.5, 0.6) is 0 Å². The highest BCUT2D eigenvalue weighted by molar-refractivity contribution is 5.76. The standard InChI is InChI=1S/C15H31N3O2/c1-5-9-16-14(15(19)20-6-2)12-17(3)11-13-8-7-10-18(13)4/h13-14,16H,5-12H2,1-4H3. The molecule has 1 fully saturated rings. The van der Waals surface area contributed by atoms with Crippen LogP contribution in [0.1, 0.15) is 33.1 Å². The van der Waals surface area contributed by atoms with Crippen molar-refractivity contribution in [2.45, 2.75) is 45.2 Å². The Morgan fingerprint density at radius 1 is 1.50 bits per heavy atom. The van der Waals surface area contributed by atoms with Crippen molar-refractivity contribution in [3.05, 3.63) is 0 Å². The molecule has 1 aliphatic rings. The predicted molar refractivity (Wildman–Crippen MR) is 81.9 cm³/mol. The zero-order valence-electron chi connectivity index (χ0n) is 13.5. The molecule has 1 N–H and O–H groups in total. The Bertz CT molecular complexity index is 286. The Balaban J connectivity index is 2.43. The third kappa shape index (κ3) is 5.77. The lowest BCUT2D eigenvalue weighted by atomic mass is 10.2. The number of rotatable bonds is 9. The van der Waals surface area contributed by atoms with E-state index in [1.165, 1.54) is 19.4 Å². The van der Waals surface area contributed by atoms with Gasteiger partial charge in [-0.3, -0.25) is 4.79 Å². The lowest BCUT2D eigenvalue weighted by Gasteiger charge is -2.28. The van der Waals surface area contributed by atoms with Crippen LogP contribution in [0.15, 0.2) is 0 Å². The minimum absolute atomic E-state index is 0.132. The van der Waals surface area contributed by atoms with Crippen molar-refractivity contribution in [2.75, 3.05) is 46.9 Å². The molecule has 0 aromatic rings. The number of ether oxygens (including phenoxy) is 1. The molecule has 5 nitrogen and oxygen atoms in total. The van der Waals surface area contributed by atoms with Gasteiger partial charge < -0.3 is 19.9 Å². The van der Waals surface area contributed by atoms with Crippen molar-refractivity contribution in [3.8, 4) is 0 Å². The second-order valence-corrected chi connectivity index (χ2v) is 5.76. The number of likely N-dealkylation sites (tertiary alicyclic amines) is 1. The second-order valence-electron chi connectivity index (χ2n) is 5.76. The Kier molecular flexibility index (Phi) is 8.11. The number of hydrogen-bond acceptors (Lipinski definition) is 5. The van der Waals surface area contributed by atoms with Gasteiger partial charge >= 0.3 is 5.97 Å². The van der Waals surface area contributed by atoms with Crippen LogP contribution in [0.3, 0.4) is 0 Å². The maximum Gasteiger partial charge on any atom is 0.324 e. The SMILES string of the molecule is CCCNC(CN(C)CC1CCCN1C)C(=O)OCC. The van der Waals surface area contributed by atoms with Gasteiger partial charge in [0, 0.05) is 19.1 Å². The van der Waals surface area contributed by atoms with E-state index in [1.807, 2.05) is 6.92 Å². The third-order valence-electron chi connectivity index (χ3n) is 3.90. The predicted octanol–water partition coefficient (Wildman–Crippen LogP) is 0.944. The number of likely N-dealkylation sites (N-methyl/N-ethyl adjacent to an activating group) is 2. The Morgan fingerprint density at radius 3 is 2.80 bits per heavy atom. The summed E-state index contributed by atoms with van der Waals surface area (Å²) in [6, 6.07) is 0.403. The fraction of sp³-hybridized carbons (Fsp3) is 0.933. The Hall–Kier alpha value is -0.650. The number of nitrogens with one attached hydrogen (secondary N) is 1. The average Bonchev–Trinajstić information content (AvgIpc) is 2.80. The van der Waals surface area contributed by atoms with Crippen molar-refractivity contribution < 1.29 is 9.53 Å². The molecule has 0 radical (unpaired) electrons. The van der Waals surface area contributed by atoms with Crippen LogP contribution >= 0.6 is 0 Å². The molecule has 0 aliphatic carbocycles. The molecule has 0 spiro atoms. The maximum atomic E-state index is 12.0. The first kappa shape index (κ1) is 17.4. The molecule has 20 heavy (non-hydrogen) atoms. The van der Waals surface area contributed by atoms with Crippen LogP contribution in [0.25, 0.3) is 0 Å². The lowest BCUT2D eigenvalue weighted by molar-refractivity contribution is -0.146. The molecule has 0 aromatic heterocycles. The smallest absolute Gasteiger partial charge is 0.324 e. The van der Waals surface area contributed by atoms with E-state index >= 15 is 0 Å². The average molecular weight is 285 g/mol. The molecule has 2 unspecified atom stereocenters. The van der Waals surface area contributed by atoms with E-state index in [-0.39, 0.29) is 12.0 Å². The van der Waals surface area contributed by atoms with Gasteiger partial charge in [0.2, 0.25) is 0 Å². The summed E-state index contributed by atoms with van der Waals surface area (Å²) in [5.41, 5.74) is 0. The number of esters is 1. The van der Waals surface area contributed by atoms with E-state index in [4.69, 9.17) is 4.74 Å². The molecule has 1 rings (SSSR count). The van der Waals surface area contributed by atoms with Crippen molar-refractivity contribution >= 4 is 5.97 Å². The van der Waals surface area contributed by atoms with Crippen molar-refractivity contribution in [1.82, 2.24) is 15.1 Å². The van der Waals surface area contributed by atoms with Gasteiger partial charge in [0.05, 0.1) is 6.61 Å². The van der Waals surface area contributed by atoms with Crippen LogP contribution in [-0.2, 0) is 9.53 Å². The quantitative estimate of drug-likeness (QED) is 0.639. The minimum Gasteiger partial charge on any atom is -0.465 e. The molecular weight excluding hydrogens is 254 g/mol. The number of hydrogen-bond donors (Lipinski definition) is 1. The van der Waals surface area contributed by atoms with Gasteiger partial charge in [-0.15, -0.1) is 0 Å². The number of carbonyl (C=O) groups is 1. The third-order valence-corrected chi connectivity index (χ3v) is 3.90. The maximum absolute atomic E-state index is 12.0. The van der Waals surface area contributed by atoms with Gasteiger partial charge in [-0.2, -0.15) is 0 Å². The van der Waals surface area contributed by atoms with Gasteiger partial charge in [0.1, 0.15) is 6.04 Å². The molecule has 0 bridgehead atoms. The van der Waals surface area contributed by atoms with E-state index < -0.39 is 0 Å². The van der Waals surface area contributed by atoms with Crippen LogP contribution < -0.4 is 5.32 Å². The second kappa shape index (κ2) is 9.32. The molecule has 2 atom stereocenters. The molecule has 0 aromatic carbocycles. The van der Waals surface area contributed by atoms with Crippen LogP contribution in [0, 0.1) is 0 Å². The largest absolute Gasteiger partial charge is 0.465 e. The first-order chi connectivity index (χ1) is 9.58. The summed E-state index contributed by atoms with van der Waals surface area (Å²) in [6.07, 6.45) is 3.56. The summed E-state index contributed by atoms with van der Waals surface area (Å²) >= 11 is 0.